The first-order valence-corrected chi connectivity index (χ1v) is 21.6. The summed E-state index contributed by atoms with van der Waals surface area (Å²) in [5.41, 5.74) is 13.2. The van der Waals surface area contributed by atoms with E-state index < -0.39 is 18.2 Å². The van der Waals surface area contributed by atoms with Gasteiger partial charge in [0.05, 0.1) is 22.3 Å². The van der Waals surface area contributed by atoms with E-state index in [0.29, 0.717) is 28.2 Å². The Balaban J connectivity index is 1.40. The summed E-state index contributed by atoms with van der Waals surface area (Å²) in [7, 11) is 0. The number of pyridine rings is 1. The fraction of sp³-hybridized carbons (Fsp3) is 0.276. The van der Waals surface area contributed by atoms with Crippen molar-refractivity contribution in [3.05, 3.63) is 167 Å². The third-order valence-corrected chi connectivity index (χ3v) is 12.0. The SMILES string of the molecule is [2H]C([2H])([2H])c1cc(-n2c(-c3cc(C(C)(C)C)cc(C(C)(C)C)c3O)nc3c(-c4cc(-c5cc(-c6ccc(C([2H])(C)C)cc6)ccn5)cc(C(C)(C)C)c4)cccc32)ccc1-c1ccccc1. The Morgan fingerprint density at radius 2 is 1.27 bits per heavy atom. The molecule has 0 amide bonds. The van der Waals surface area contributed by atoms with Gasteiger partial charge in [-0.2, -0.15) is 0 Å². The van der Waals surface area contributed by atoms with E-state index in [1.165, 1.54) is 0 Å². The number of phenols is 1. The Labute approximate surface area is 375 Å². The lowest BCUT2D eigenvalue weighted by molar-refractivity contribution is 0.446. The molecule has 8 aromatic rings. The van der Waals surface area contributed by atoms with Gasteiger partial charge in [0.15, 0.2) is 0 Å². The van der Waals surface area contributed by atoms with Crippen LogP contribution in [0.5, 0.6) is 5.75 Å². The molecule has 0 spiro atoms. The first kappa shape index (κ1) is 37.5. The summed E-state index contributed by atoms with van der Waals surface area (Å²) < 4.78 is 36.8. The molecule has 6 aromatic carbocycles. The summed E-state index contributed by atoms with van der Waals surface area (Å²) >= 11 is 0. The molecule has 62 heavy (non-hydrogen) atoms. The van der Waals surface area contributed by atoms with Crippen LogP contribution in [0, 0.1) is 6.85 Å². The molecule has 4 nitrogen and oxygen atoms in total. The summed E-state index contributed by atoms with van der Waals surface area (Å²) in [6, 6.07) is 44.5. The van der Waals surface area contributed by atoms with Crippen LogP contribution in [-0.4, -0.2) is 19.6 Å². The molecule has 0 aliphatic rings. The third kappa shape index (κ3) is 8.23. The smallest absolute Gasteiger partial charge is 0.149 e. The number of imidazole rings is 1. The maximum absolute atomic E-state index is 12.4. The number of aromatic nitrogens is 3. The van der Waals surface area contributed by atoms with E-state index >= 15 is 0 Å². The van der Waals surface area contributed by atoms with E-state index in [-0.39, 0.29) is 22.1 Å². The van der Waals surface area contributed by atoms with Crippen molar-refractivity contribution in [2.24, 2.45) is 0 Å². The minimum Gasteiger partial charge on any atom is -0.507 e. The normalized spacial score (nSPS) is 13.7. The average molecular weight is 820 g/mol. The second kappa shape index (κ2) is 15.9. The van der Waals surface area contributed by atoms with E-state index in [1.54, 1.807) is 6.07 Å². The molecule has 8 rings (SSSR count). The Bertz CT molecular complexity index is 3100. The van der Waals surface area contributed by atoms with Gasteiger partial charge in [0.2, 0.25) is 0 Å². The van der Waals surface area contributed by atoms with Crippen LogP contribution in [0.2, 0.25) is 0 Å². The first-order chi connectivity index (χ1) is 30.8. The molecule has 0 atom stereocenters. The number of nitrogens with zero attached hydrogens (tertiary/aromatic N) is 3. The molecule has 0 unspecified atom stereocenters. The molecule has 0 saturated heterocycles. The molecular formula is C58H61N3O. The quantitative estimate of drug-likeness (QED) is 0.174. The minimum atomic E-state index is -2.42. The number of para-hydroxylation sites is 1. The van der Waals surface area contributed by atoms with E-state index in [1.807, 2.05) is 103 Å². The van der Waals surface area contributed by atoms with Crippen molar-refractivity contribution in [2.45, 2.75) is 105 Å². The standard InChI is InChI=1S/C58H61N3O/c1-36(2)38-21-23-39(24-22-38)41-27-28-59-51(33-41)43-30-42(31-44(32-43)56(4,5)6)48-19-16-20-52-53(48)60-55(49-34-45(57(7,8)9)35-50(54(49)62)58(10,11)12)61(52)46-25-26-47(37(3)29-46)40-17-14-13-15-18-40/h13-36,62H,1-12H3/i3D3,36D. The Morgan fingerprint density at radius 1 is 0.581 bits per heavy atom. The van der Waals surface area contributed by atoms with Gasteiger partial charge in [-0.3, -0.25) is 9.55 Å². The number of phenolic OH excluding ortho intramolecular Hbond substituents is 1. The van der Waals surface area contributed by atoms with Crippen LogP contribution >= 0.6 is 0 Å². The first-order valence-electron chi connectivity index (χ1n) is 23.6. The van der Waals surface area contributed by atoms with Gasteiger partial charge in [0.25, 0.3) is 0 Å². The van der Waals surface area contributed by atoms with Gasteiger partial charge < -0.3 is 5.11 Å². The van der Waals surface area contributed by atoms with E-state index in [9.17, 15) is 5.11 Å². The van der Waals surface area contributed by atoms with Crippen molar-refractivity contribution >= 4 is 11.0 Å². The van der Waals surface area contributed by atoms with Gasteiger partial charge in [0.1, 0.15) is 11.6 Å². The number of fused-ring (bicyclic) bond motifs is 1. The number of benzene rings is 6. The monoisotopic (exact) mass is 820 g/mol. The largest absolute Gasteiger partial charge is 0.507 e. The predicted molar refractivity (Wildman–Crippen MR) is 263 cm³/mol. The van der Waals surface area contributed by atoms with Crippen LogP contribution in [-0.2, 0) is 16.2 Å². The molecule has 2 heterocycles. The van der Waals surface area contributed by atoms with Gasteiger partial charge >= 0.3 is 0 Å². The van der Waals surface area contributed by atoms with Crippen molar-refractivity contribution in [3.8, 4) is 67.5 Å². The minimum absolute atomic E-state index is 0.145. The number of aryl methyl sites for hydroxylation is 1. The second-order valence-electron chi connectivity index (χ2n) is 20.0. The molecule has 0 aliphatic heterocycles. The molecule has 0 bridgehead atoms. The van der Waals surface area contributed by atoms with Crippen molar-refractivity contribution in [1.82, 2.24) is 14.5 Å². The number of hydrogen-bond donors (Lipinski definition) is 1. The zero-order chi connectivity index (χ0) is 47.7. The van der Waals surface area contributed by atoms with Crippen LogP contribution in [0.3, 0.4) is 0 Å². The maximum Gasteiger partial charge on any atom is 0.149 e. The predicted octanol–water partition coefficient (Wildman–Crippen LogP) is 15.8. The highest BCUT2D eigenvalue weighted by atomic mass is 16.3. The van der Waals surface area contributed by atoms with Gasteiger partial charge in [-0.05, 0) is 128 Å². The molecule has 0 saturated carbocycles. The van der Waals surface area contributed by atoms with Crippen molar-refractivity contribution in [1.29, 1.82) is 0 Å². The molecular weight excluding hydrogens is 755 g/mol. The van der Waals surface area contributed by atoms with E-state index in [0.717, 1.165) is 66.8 Å². The van der Waals surface area contributed by atoms with Crippen molar-refractivity contribution in [2.75, 3.05) is 0 Å². The molecule has 0 radical (unpaired) electrons. The highest BCUT2D eigenvalue weighted by Gasteiger charge is 2.29. The highest BCUT2D eigenvalue weighted by molar-refractivity contribution is 5.97. The Hall–Kier alpha value is -6.26. The van der Waals surface area contributed by atoms with Crippen LogP contribution in [0.15, 0.2) is 140 Å². The van der Waals surface area contributed by atoms with Crippen molar-refractivity contribution in [3.63, 3.8) is 0 Å². The van der Waals surface area contributed by atoms with Crippen LogP contribution in [0.1, 0.15) is 115 Å². The lowest BCUT2D eigenvalue weighted by Crippen LogP contribution is -2.17. The second-order valence-corrected chi connectivity index (χ2v) is 20.0. The fourth-order valence-corrected chi connectivity index (χ4v) is 8.25. The van der Waals surface area contributed by atoms with Gasteiger partial charge in [0, 0.05) is 34.1 Å². The lowest BCUT2D eigenvalue weighted by atomic mass is 9.79. The molecule has 0 aliphatic carbocycles. The summed E-state index contributed by atoms with van der Waals surface area (Å²) in [6.45, 7) is 20.8. The Morgan fingerprint density at radius 3 is 1.94 bits per heavy atom. The summed E-state index contributed by atoms with van der Waals surface area (Å²) in [5.74, 6) is -0.0334. The topological polar surface area (TPSA) is 50.9 Å². The van der Waals surface area contributed by atoms with Crippen LogP contribution < -0.4 is 0 Å². The fourth-order valence-electron chi connectivity index (χ4n) is 8.25. The zero-order valence-corrected chi connectivity index (χ0v) is 38.1. The van der Waals surface area contributed by atoms with Gasteiger partial charge in [-0.15, -0.1) is 0 Å². The molecule has 4 heteroatoms. The van der Waals surface area contributed by atoms with Gasteiger partial charge in [-0.25, -0.2) is 4.98 Å². The lowest BCUT2D eigenvalue weighted by Gasteiger charge is -2.27. The summed E-state index contributed by atoms with van der Waals surface area (Å²) in [4.78, 5) is 10.4. The molecule has 1 N–H and O–H groups in total. The van der Waals surface area contributed by atoms with E-state index in [4.69, 9.17) is 15.5 Å². The summed E-state index contributed by atoms with van der Waals surface area (Å²) in [5, 5.41) is 12.4. The zero-order valence-electron chi connectivity index (χ0n) is 42.1. The summed E-state index contributed by atoms with van der Waals surface area (Å²) in [6.07, 6.45) is 1.85. The van der Waals surface area contributed by atoms with E-state index in [2.05, 4.69) is 111 Å². The molecule has 2 aromatic heterocycles. The van der Waals surface area contributed by atoms with Crippen molar-refractivity contribution < 1.29 is 10.6 Å². The Kier molecular flexibility index (Phi) is 9.61. The third-order valence-electron chi connectivity index (χ3n) is 12.0. The molecule has 0 fully saturated rings. The maximum atomic E-state index is 12.4. The number of aromatic hydroxyl groups is 1. The number of rotatable bonds is 7. The van der Waals surface area contributed by atoms with Gasteiger partial charge in [-0.1, -0.05) is 161 Å². The van der Waals surface area contributed by atoms with Crippen LogP contribution in [0.4, 0.5) is 0 Å². The average Bonchev–Trinajstić information content (AvgIpc) is 3.64. The number of hydrogen-bond acceptors (Lipinski definition) is 3. The highest BCUT2D eigenvalue weighted by Crippen LogP contribution is 2.45. The van der Waals surface area contributed by atoms with Crippen LogP contribution in [0.25, 0.3) is 72.7 Å². The molecule has 314 valence electrons.